The second-order valence-corrected chi connectivity index (χ2v) is 11.3. The van der Waals surface area contributed by atoms with Crippen LogP contribution in [0.2, 0.25) is 0 Å². The van der Waals surface area contributed by atoms with E-state index in [1.165, 1.54) is 37.3 Å². The van der Waals surface area contributed by atoms with Crippen molar-refractivity contribution in [3.63, 3.8) is 0 Å². The SMILES string of the molecule is Cc1cc(C)c(OC(=O)N(CCc2ccccn2)c2ccnc(Nc3ccc(OCCCN4CCCCC4)cc3)n2)c(C)c1. The summed E-state index contributed by atoms with van der Waals surface area (Å²) in [5, 5.41) is 3.25. The Morgan fingerprint density at radius 2 is 1.70 bits per heavy atom. The van der Waals surface area contributed by atoms with Gasteiger partial charge in [0.25, 0.3) is 0 Å². The average molecular weight is 595 g/mol. The normalized spacial score (nSPS) is 13.3. The van der Waals surface area contributed by atoms with E-state index < -0.39 is 6.09 Å². The summed E-state index contributed by atoms with van der Waals surface area (Å²) in [7, 11) is 0. The van der Waals surface area contributed by atoms with Crippen molar-refractivity contribution in [3.8, 4) is 11.5 Å². The molecular weight excluding hydrogens is 552 g/mol. The quantitative estimate of drug-likeness (QED) is 0.175. The van der Waals surface area contributed by atoms with Crippen LogP contribution in [0.25, 0.3) is 0 Å². The molecule has 0 atom stereocenters. The van der Waals surface area contributed by atoms with Crippen molar-refractivity contribution >= 4 is 23.5 Å². The number of likely N-dealkylation sites (tertiary alicyclic amines) is 1. The number of aryl methyl sites for hydroxylation is 3. The average Bonchev–Trinajstić information content (AvgIpc) is 3.03. The van der Waals surface area contributed by atoms with Crippen molar-refractivity contribution in [3.05, 3.63) is 95.4 Å². The standard InChI is InChI=1S/C35H42N6O3/c1-26-24-27(2)33(28(3)25-26)44-35(42)41(22-16-29-10-5-6-17-36-29)32-15-18-37-34(39-32)38-30-11-13-31(14-12-30)43-23-9-21-40-19-7-4-8-20-40/h5-6,10-15,17-18,24-25H,4,7-9,16,19-23H2,1-3H3,(H,37,38,39). The number of anilines is 3. The molecule has 1 aliphatic heterocycles. The number of carbonyl (C=O) groups is 1. The summed E-state index contributed by atoms with van der Waals surface area (Å²) in [5.41, 5.74) is 4.61. The van der Waals surface area contributed by atoms with E-state index in [9.17, 15) is 4.79 Å². The molecule has 0 saturated carbocycles. The lowest BCUT2D eigenvalue weighted by atomic mass is 10.1. The van der Waals surface area contributed by atoms with Crippen LogP contribution >= 0.6 is 0 Å². The summed E-state index contributed by atoms with van der Waals surface area (Å²) in [6.45, 7) is 10.4. The van der Waals surface area contributed by atoms with Crippen LogP contribution in [0, 0.1) is 20.8 Å². The first kappa shape index (κ1) is 30.9. The van der Waals surface area contributed by atoms with Gasteiger partial charge in [-0.15, -0.1) is 0 Å². The molecule has 0 aliphatic carbocycles. The minimum Gasteiger partial charge on any atom is -0.494 e. The fourth-order valence-corrected chi connectivity index (χ4v) is 5.53. The van der Waals surface area contributed by atoms with Gasteiger partial charge in [0.2, 0.25) is 5.95 Å². The van der Waals surface area contributed by atoms with Crippen molar-refractivity contribution in [2.75, 3.05) is 43.0 Å². The summed E-state index contributed by atoms with van der Waals surface area (Å²) < 4.78 is 11.9. The lowest BCUT2D eigenvalue weighted by Crippen LogP contribution is -2.36. The molecule has 0 bridgehead atoms. The number of benzene rings is 2. The Morgan fingerprint density at radius 1 is 0.932 bits per heavy atom. The molecule has 1 aliphatic rings. The van der Waals surface area contributed by atoms with Crippen LogP contribution < -0.4 is 19.7 Å². The Balaban J connectivity index is 1.24. The smallest absolute Gasteiger partial charge is 0.420 e. The lowest BCUT2D eigenvalue weighted by molar-refractivity contribution is 0.205. The van der Waals surface area contributed by atoms with E-state index in [1.54, 1.807) is 18.5 Å². The van der Waals surface area contributed by atoms with E-state index in [0.717, 1.165) is 46.8 Å². The fourth-order valence-electron chi connectivity index (χ4n) is 5.53. The summed E-state index contributed by atoms with van der Waals surface area (Å²) in [6, 6.07) is 19.2. The zero-order chi connectivity index (χ0) is 30.7. The fraction of sp³-hybridized carbons (Fsp3) is 0.371. The third-order valence-electron chi connectivity index (χ3n) is 7.70. The van der Waals surface area contributed by atoms with Gasteiger partial charge in [0.15, 0.2) is 0 Å². The first-order valence-electron chi connectivity index (χ1n) is 15.5. The van der Waals surface area contributed by atoms with Crippen LogP contribution in [-0.4, -0.2) is 58.7 Å². The van der Waals surface area contributed by atoms with Gasteiger partial charge in [-0.2, -0.15) is 4.98 Å². The maximum Gasteiger partial charge on any atom is 0.420 e. The predicted octanol–water partition coefficient (Wildman–Crippen LogP) is 7.04. The minimum absolute atomic E-state index is 0.333. The molecule has 230 valence electrons. The highest BCUT2D eigenvalue weighted by Gasteiger charge is 2.22. The summed E-state index contributed by atoms with van der Waals surface area (Å²) in [5.74, 6) is 2.19. The van der Waals surface area contributed by atoms with Gasteiger partial charge in [0, 0.05) is 43.3 Å². The second-order valence-electron chi connectivity index (χ2n) is 11.3. The van der Waals surface area contributed by atoms with Crippen LogP contribution in [0.5, 0.6) is 11.5 Å². The van der Waals surface area contributed by atoms with E-state index in [1.807, 2.05) is 75.4 Å². The van der Waals surface area contributed by atoms with Crippen molar-refractivity contribution in [1.82, 2.24) is 19.9 Å². The number of piperidine rings is 1. The van der Waals surface area contributed by atoms with Crippen molar-refractivity contribution in [2.24, 2.45) is 0 Å². The number of carbonyl (C=O) groups excluding carboxylic acids is 1. The van der Waals surface area contributed by atoms with Gasteiger partial charge in [-0.05, 0) is 107 Å². The highest BCUT2D eigenvalue weighted by atomic mass is 16.6. The number of ether oxygens (including phenoxy) is 2. The first-order chi connectivity index (χ1) is 21.4. The molecule has 0 spiro atoms. The molecule has 1 N–H and O–H groups in total. The molecule has 4 aromatic rings. The Hall–Kier alpha value is -4.50. The highest BCUT2D eigenvalue weighted by Crippen LogP contribution is 2.27. The third kappa shape index (κ3) is 8.76. The molecule has 1 saturated heterocycles. The maximum atomic E-state index is 13.6. The van der Waals surface area contributed by atoms with Gasteiger partial charge < -0.3 is 19.7 Å². The van der Waals surface area contributed by atoms with Gasteiger partial charge >= 0.3 is 6.09 Å². The number of nitrogens with zero attached hydrogens (tertiary/aromatic N) is 5. The number of nitrogens with one attached hydrogen (secondary N) is 1. The molecular formula is C35H42N6O3. The number of hydrogen-bond acceptors (Lipinski definition) is 8. The van der Waals surface area contributed by atoms with E-state index >= 15 is 0 Å². The Bertz CT molecular complexity index is 1480. The molecule has 2 aromatic carbocycles. The van der Waals surface area contributed by atoms with Crippen LogP contribution in [-0.2, 0) is 6.42 Å². The van der Waals surface area contributed by atoms with E-state index in [4.69, 9.17) is 9.47 Å². The van der Waals surface area contributed by atoms with E-state index in [0.29, 0.717) is 37.1 Å². The molecule has 1 amide bonds. The van der Waals surface area contributed by atoms with Gasteiger partial charge in [0.05, 0.1) is 6.61 Å². The Kier molecular flexibility index (Phi) is 10.8. The van der Waals surface area contributed by atoms with Gasteiger partial charge in [-0.1, -0.05) is 30.2 Å². The van der Waals surface area contributed by atoms with Crippen LogP contribution in [0.15, 0.2) is 73.1 Å². The van der Waals surface area contributed by atoms with Gasteiger partial charge in [0.1, 0.15) is 17.3 Å². The maximum absolute atomic E-state index is 13.6. The molecule has 0 unspecified atom stereocenters. The van der Waals surface area contributed by atoms with Gasteiger partial charge in [-0.3, -0.25) is 9.88 Å². The minimum atomic E-state index is -0.512. The molecule has 1 fully saturated rings. The van der Waals surface area contributed by atoms with E-state index in [2.05, 4.69) is 25.2 Å². The van der Waals surface area contributed by atoms with E-state index in [-0.39, 0.29) is 0 Å². The molecule has 5 rings (SSSR count). The molecule has 0 radical (unpaired) electrons. The van der Waals surface area contributed by atoms with Crippen molar-refractivity contribution in [2.45, 2.75) is 52.9 Å². The summed E-state index contributed by atoms with van der Waals surface area (Å²) in [6.07, 6.45) is 8.39. The number of amides is 1. The highest BCUT2D eigenvalue weighted by molar-refractivity contribution is 5.88. The van der Waals surface area contributed by atoms with Crippen LogP contribution in [0.1, 0.15) is 48.1 Å². The number of aromatic nitrogens is 3. The monoisotopic (exact) mass is 594 g/mol. The van der Waals surface area contributed by atoms with Crippen molar-refractivity contribution < 1.29 is 14.3 Å². The first-order valence-corrected chi connectivity index (χ1v) is 15.5. The topological polar surface area (TPSA) is 92.7 Å². The van der Waals surface area contributed by atoms with Gasteiger partial charge in [-0.25, -0.2) is 9.78 Å². The summed E-state index contributed by atoms with van der Waals surface area (Å²) >= 11 is 0. The zero-order valence-corrected chi connectivity index (χ0v) is 26.0. The second kappa shape index (κ2) is 15.3. The van der Waals surface area contributed by atoms with Crippen LogP contribution in [0.3, 0.4) is 0 Å². The number of hydrogen-bond donors (Lipinski definition) is 1. The molecule has 3 heterocycles. The number of pyridine rings is 1. The molecule has 2 aromatic heterocycles. The molecule has 9 heteroatoms. The Morgan fingerprint density at radius 3 is 2.43 bits per heavy atom. The molecule has 9 nitrogen and oxygen atoms in total. The third-order valence-corrected chi connectivity index (χ3v) is 7.70. The summed E-state index contributed by atoms with van der Waals surface area (Å²) in [4.78, 5) is 31.2. The Labute approximate surface area is 260 Å². The lowest BCUT2D eigenvalue weighted by Gasteiger charge is -2.26. The molecule has 44 heavy (non-hydrogen) atoms. The largest absolute Gasteiger partial charge is 0.494 e. The number of rotatable bonds is 12. The predicted molar refractivity (Wildman–Crippen MR) is 174 cm³/mol. The zero-order valence-electron chi connectivity index (χ0n) is 26.0. The van der Waals surface area contributed by atoms with Crippen LogP contribution in [0.4, 0.5) is 22.2 Å². The van der Waals surface area contributed by atoms with Crippen molar-refractivity contribution in [1.29, 1.82) is 0 Å².